The van der Waals surface area contributed by atoms with E-state index in [-0.39, 0.29) is 41.8 Å². The average Bonchev–Trinajstić information content (AvgIpc) is 2.80. The smallest absolute Gasteiger partial charge is 0.222 e. The van der Waals surface area contributed by atoms with E-state index in [4.69, 9.17) is 0 Å². The van der Waals surface area contributed by atoms with Crippen molar-refractivity contribution in [2.24, 2.45) is 10.9 Å². The second-order valence-electron chi connectivity index (χ2n) is 8.95. The largest absolute Gasteiger partial charge is 0.356 e. The van der Waals surface area contributed by atoms with Gasteiger partial charge in [-0.3, -0.25) is 14.6 Å². The lowest BCUT2D eigenvalue weighted by atomic mass is 10.1. The normalized spacial score (nSPS) is 15.1. The van der Waals surface area contributed by atoms with Crippen molar-refractivity contribution >= 4 is 41.8 Å². The lowest BCUT2D eigenvalue weighted by molar-refractivity contribution is -0.140. The summed E-state index contributed by atoms with van der Waals surface area (Å²) >= 11 is 0. The highest BCUT2D eigenvalue weighted by Gasteiger charge is 2.23. The molecule has 1 aromatic carbocycles. The van der Waals surface area contributed by atoms with Gasteiger partial charge in [0.05, 0.1) is 6.04 Å². The zero-order valence-electron chi connectivity index (χ0n) is 20.7. The predicted molar refractivity (Wildman–Crippen MR) is 146 cm³/mol. The van der Waals surface area contributed by atoms with E-state index in [0.717, 1.165) is 31.8 Å². The van der Waals surface area contributed by atoms with Crippen molar-refractivity contribution in [3.63, 3.8) is 0 Å². The summed E-state index contributed by atoms with van der Waals surface area (Å²) in [6.45, 7) is 9.70. The van der Waals surface area contributed by atoms with Crippen molar-refractivity contribution in [2.45, 2.75) is 58.9 Å². The maximum absolute atomic E-state index is 12.5. The van der Waals surface area contributed by atoms with Gasteiger partial charge < -0.3 is 20.4 Å². The minimum Gasteiger partial charge on any atom is -0.356 e. The van der Waals surface area contributed by atoms with E-state index in [1.807, 2.05) is 28.0 Å². The first-order valence-electron chi connectivity index (χ1n) is 12.0. The topological polar surface area (TPSA) is 77.0 Å². The number of carbonyl (C=O) groups excluding carboxylic acids is 2. The molecule has 0 aliphatic carbocycles. The molecule has 1 atom stereocenters. The molecular formula is C25H42IN5O2. The molecule has 0 saturated carbocycles. The highest BCUT2D eigenvalue weighted by Crippen LogP contribution is 2.12. The van der Waals surface area contributed by atoms with Crippen LogP contribution in [0.5, 0.6) is 0 Å². The number of nitrogens with one attached hydrogen (secondary N) is 2. The van der Waals surface area contributed by atoms with Gasteiger partial charge in [0.25, 0.3) is 0 Å². The molecule has 8 heteroatoms. The first-order chi connectivity index (χ1) is 15.4. The van der Waals surface area contributed by atoms with Gasteiger partial charge in [-0.05, 0) is 31.2 Å². The van der Waals surface area contributed by atoms with Crippen molar-refractivity contribution in [3.8, 4) is 0 Å². The molecule has 0 aromatic heterocycles. The van der Waals surface area contributed by atoms with Gasteiger partial charge in [-0.2, -0.15) is 0 Å². The summed E-state index contributed by atoms with van der Waals surface area (Å²) in [5, 5.41) is 6.76. The van der Waals surface area contributed by atoms with E-state index in [2.05, 4.69) is 48.5 Å². The number of benzene rings is 1. The zero-order valence-corrected chi connectivity index (χ0v) is 23.0. The molecule has 0 bridgehead atoms. The quantitative estimate of drug-likeness (QED) is 0.194. The number of unbranched alkanes of at least 4 members (excludes halogenated alkanes) is 2. The molecule has 1 aliphatic rings. The molecule has 0 radical (unpaired) electrons. The monoisotopic (exact) mass is 571 g/mol. The van der Waals surface area contributed by atoms with Gasteiger partial charge in [0, 0.05) is 52.6 Å². The van der Waals surface area contributed by atoms with Crippen molar-refractivity contribution in [2.75, 3.05) is 39.8 Å². The Bertz CT molecular complexity index is 734. The Balaban J connectivity index is 0.00000544. The van der Waals surface area contributed by atoms with Gasteiger partial charge in [-0.1, -0.05) is 50.6 Å². The number of hydrogen-bond donors (Lipinski definition) is 2. The number of piperazine rings is 1. The first kappa shape index (κ1) is 29.2. The number of hydrogen-bond acceptors (Lipinski definition) is 3. The first-order valence-corrected chi connectivity index (χ1v) is 12.0. The Morgan fingerprint density at radius 2 is 1.55 bits per heavy atom. The van der Waals surface area contributed by atoms with Crippen LogP contribution >= 0.6 is 24.0 Å². The highest BCUT2D eigenvalue weighted by atomic mass is 127. The van der Waals surface area contributed by atoms with E-state index in [0.29, 0.717) is 44.9 Å². The molecule has 1 aliphatic heterocycles. The number of nitrogens with zero attached hydrogens (tertiary/aromatic N) is 3. The van der Waals surface area contributed by atoms with Crippen LogP contribution < -0.4 is 10.6 Å². The SMILES string of the molecule is CN=C(NCCCCCC(=O)N1CCN(C(=O)CC(C)C)CC1)NC(C)c1ccccc1.I. The summed E-state index contributed by atoms with van der Waals surface area (Å²) in [6, 6.07) is 10.5. The van der Waals surface area contributed by atoms with Crippen LogP contribution in [0, 0.1) is 5.92 Å². The number of amides is 2. The molecule has 1 heterocycles. The fraction of sp³-hybridized carbons (Fsp3) is 0.640. The Labute approximate surface area is 216 Å². The predicted octanol–water partition coefficient (Wildman–Crippen LogP) is 3.81. The van der Waals surface area contributed by atoms with Crippen LogP contribution in [0.1, 0.15) is 64.5 Å². The molecule has 186 valence electrons. The van der Waals surface area contributed by atoms with Gasteiger partial charge in [0.15, 0.2) is 5.96 Å². The molecule has 1 unspecified atom stereocenters. The van der Waals surface area contributed by atoms with Crippen LogP contribution in [-0.4, -0.2) is 67.3 Å². The molecule has 1 aromatic rings. The van der Waals surface area contributed by atoms with Gasteiger partial charge in [0.1, 0.15) is 0 Å². The lowest BCUT2D eigenvalue weighted by Gasteiger charge is -2.35. The fourth-order valence-electron chi connectivity index (χ4n) is 3.85. The van der Waals surface area contributed by atoms with Crippen LogP contribution in [0.4, 0.5) is 0 Å². The molecular weight excluding hydrogens is 529 g/mol. The Morgan fingerprint density at radius 3 is 2.12 bits per heavy atom. The van der Waals surface area contributed by atoms with E-state index in [9.17, 15) is 9.59 Å². The molecule has 2 N–H and O–H groups in total. The van der Waals surface area contributed by atoms with E-state index >= 15 is 0 Å². The molecule has 1 fully saturated rings. The van der Waals surface area contributed by atoms with Crippen molar-refractivity contribution < 1.29 is 9.59 Å². The zero-order chi connectivity index (χ0) is 23.3. The van der Waals surface area contributed by atoms with Crippen LogP contribution in [0.3, 0.4) is 0 Å². The molecule has 2 rings (SSSR count). The van der Waals surface area contributed by atoms with Crippen LogP contribution in [0.15, 0.2) is 35.3 Å². The molecule has 1 saturated heterocycles. The van der Waals surface area contributed by atoms with Crippen molar-refractivity contribution in [1.82, 2.24) is 20.4 Å². The summed E-state index contributed by atoms with van der Waals surface area (Å²) in [4.78, 5) is 32.7. The Kier molecular flexibility index (Phi) is 14.1. The van der Waals surface area contributed by atoms with E-state index in [1.165, 1.54) is 5.56 Å². The lowest BCUT2D eigenvalue weighted by Crippen LogP contribution is -2.50. The summed E-state index contributed by atoms with van der Waals surface area (Å²) < 4.78 is 0. The summed E-state index contributed by atoms with van der Waals surface area (Å²) in [5.41, 5.74) is 1.22. The van der Waals surface area contributed by atoms with Crippen molar-refractivity contribution in [1.29, 1.82) is 0 Å². The minimum absolute atomic E-state index is 0. The summed E-state index contributed by atoms with van der Waals surface area (Å²) in [6.07, 6.45) is 4.05. The average molecular weight is 572 g/mol. The number of rotatable bonds is 10. The third-order valence-corrected chi connectivity index (χ3v) is 5.80. The number of halogens is 1. The van der Waals surface area contributed by atoms with E-state index < -0.39 is 0 Å². The molecule has 2 amide bonds. The summed E-state index contributed by atoms with van der Waals surface area (Å²) in [7, 11) is 1.78. The second-order valence-corrected chi connectivity index (χ2v) is 8.95. The standard InChI is InChI=1S/C25H41N5O2.HI/c1-20(2)19-24(32)30-17-15-29(16-18-30)23(31)13-9-6-10-14-27-25(26-4)28-21(3)22-11-7-5-8-12-22;/h5,7-8,11-12,20-21H,6,9-10,13-19H2,1-4H3,(H2,26,27,28);1H. The van der Waals surface area contributed by atoms with E-state index in [1.54, 1.807) is 7.05 Å². The van der Waals surface area contributed by atoms with Crippen LogP contribution in [-0.2, 0) is 9.59 Å². The van der Waals surface area contributed by atoms with Crippen LogP contribution in [0.25, 0.3) is 0 Å². The van der Waals surface area contributed by atoms with Gasteiger partial charge >= 0.3 is 0 Å². The van der Waals surface area contributed by atoms with Crippen molar-refractivity contribution in [3.05, 3.63) is 35.9 Å². The summed E-state index contributed by atoms with van der Waals surface area (Å²) in [5.74, 6) is 1.59. The Morgan fingerprint density at radius 1 is 0.939 bits per heavy atom. The molecule has 0 spiro atoms. The number of aliphatic imine (C=N–C) groups is 1. The maximum atomic E-state index is 12.5. The number of carbonyl (C=O) groups is 2. The minimum atomic E-state index is 0. The third-order valence-electron chi connectivity index (χ3n) is 5.80. The van der Waals surface area contributed by atoms with Gasteiger partial charge in [-0.25, -0.2) is 0 Å². The number of guanidine groups is 1. The molecule has 7 nitrogen and oxygen atoms in total. The third kappa shape index (κ3) is 10.8. The Hall–Kier alpha value is -1.84. The van der Waals surface area contributed by atoms with Gasteiger partial charge in [-0.15, -0.1) is 24.0 Å². The second kappa shape index (κ2) is 15.9. The molecule has 33 heavy (non-hydrogen) atoms. The van der Waals surface area contributed by atoms with Gasteiger partial charge in [0.2, 0.25) is 11.8 Å². The fourth-order valence-corrected chi connectivity index (χ4v) is 3.85. The maximum Gasteiger partial charge on any atom is 0.222 e. The highest BCUT2D eigenvalue weighted by molar-refractivity contribution is 14.0. The van der Waals surface area contributed by atoms with Crippen LogP contribution in [0.2, 0.25) is 0 Å².